The number of rotatable bonds is 2. The first-order valence-electron chi connectivity index (χ1n) is 15.7. The minimum Gasteiger partial charge on any atom is -0.454 e. The van der Waals surface area contributed by atoms with Gasteiger partial charge in [-0.3, -0.25) is 0 Å². The maximum absolute atomic E-state index is 6.64. The molecule has 0 fully saturated rings. The molecular weight excluding hydrogens is 562 g/mol. The van der Waals surface area contributed by atoms with Crippen molar-refractivity contribution in [1.29, 1.82) is 0 Å². The monoisotopic (exact) mass is 587 g/mol. The summed E-state index contributed by atoms with van der Waals surface area (Å²) >= 11 is 0. The summed E-state index contributed by atoms with van der Waals surface area (Å²) in [6.45, 7) is 0. The third kappa shape index (κ3) is 2.94. The third-order valence-corrected chi connectivity index (χ3v) is 9.81. The summed E-state index contributed by atoms with van der Waals surface area (Å²) in [6.07, 6.45) is 0. The number of furan rings is 1. The molecule has 7 aromatic carbocycles. The first kappa shape index (κ1) is 24.1. The van der Waals surface area contributed by atoms with E-state index in [1.165, 1.54) is 55.2 Å². The Morgan fingerprint density at radius 3 is 1.91 bits per heavy atom. The van der Waals surface area contributed by atoms with Crippen molar-refractivity contribution in [2.45, 2.75) is 0 Å². The van der Waals surface area contributed by atoms with Crippen molar-refractivity contribution in [1.82, 2.24) is 9.13 Å². The predicted octanol–water partition coefficient (Wildman–Crippen LogP) is 11.6. The van der Waals surface area contributed by atoms with E-state index in [9.17, 15) is 0 Å². The zero-order chi connectivity index (χ0) is 29.9. The Balaban J connectivity index is 1.35. The van der Waals surface area contributed by atoms with E-state index in [1.54, 1.807) is 0 Å². The Kier molecular flexibility index (Phi) is 4.55. The highest BCUT2D eigenvalue weighted by Crippen LogP contribution is 2.51. The molecule has 0 radical (unpaired) electrons. The lowest BCUT2D eigenvalue weighted by atomic mass is 10.1. The SMILES string of the molecule is c1ccc(N2c3ccccc3-n3c4ccc5c6ccccc6n(-c6cccc7c6oc6ccccc67)c5c4c4cccc2c43)cc1. The lowest BCUT2D eigenvalue weighted by Gasteiger charge is -2.33. The molecule has 3 aromatic heterocycles. The number of hydrogen-bond donors (Lipinski definition) is 0. The van der Waals surface area contributed by atoms with Gasteiger partial charge in [-0.2, -0.15) is 0 Å². The number of para-hydroxylation sites is 7. The van der Waals surface area contributed by atoms with Crippen molar-refractivity contribution >= 4 is 82.6 Å². The predicted molar refractivity (Wildman–Crippen MR) is 191 cm³/mol. The van der Waals surface area contributed by atoms with Crippen LogP contribution in [0, 0.1) is 0 Å². The number of benzene rings is 7. The van der Waals surface area contributed by atoms with Gasteiger partial charge in [-0.25, -0.2) is 0 Å². The molecule has 10 aromatic rings. The second-order valence-corrected chi connectivity index (χ2v) is 12.1. The molecule has 0 spiro atoms. The van der Waals surface area contributed by atoms with Crippen LogP contribution in [0.5, 0.6) is 0 Å². The van der Waals surface area contributed by atoms with E-state index in [0.29, 0.717) is 0 Å². The van der Waals surface area contributed by atoms with Crippen LogP contribution in [0.15, 0.2) is 156 Å². The summed E-state index contributed by atoms with van der Waals surface area (Å²) < 4.78 is 11.5. The summed E-state index contributed by atoms with van der Waals surface area (Å²) in [5.74, 6) is 0. The van der Waals surface area contributed by atoms with Crippen molar-refractivity contribution in [3.63, 3.8) is 0 Å². The highest BCUT2D eigenvalue weighted by molar-refractivity contribution is 6.28. The van der Waals surface area contributed by atoms with E-state index in [0.717, 1.165) is 38.8 Å². The molecule has 4 nitrogen and oxygen atoms in total. The minimum absolute atomic E-state index is 0.901. The number of hydrogen-bond acceptors (Lipinski definition) is 2. The van der Waals surface area contributed by atoms with Crippen LogP contribution in [0.1, 0.15) is 0 Å². The average molecular weight is 588 g/mol. The van der Waals surface area contributed by atoms with Crippen LogP contribution in [0.25, 0.3) is 76.9 Å². The van der Waals surface area contributed by atoms with Crippen LogP contribution in [-0.2, 0) is 0 Å². The largest absolute Gasteiger partial charge is 0.454 e. The molecule has 1 aliphatic rings. The van der Waals surface area contributed by atoms with Gasteiger partial charge < -0.3 is 18.5 Å². The van der Waals surface area contributed by atoms with Gasteiger partial charge in [0.25, 0.3) is 0 Å². The third-order valence-electron chi connectivity index (χ3n) is 9.81. The van der Waals surface area contributed by atoms with Gasteiger partial charge >= 0.3 is 0 Å². The van der Waals surface area contributed by atoms with Crippen LogP contribution >= 0.6 is 0 Å². The zero-order valence-corrected chi connectivity index (χ0v) is 24.7. The van der Waals surface area contributed by atoms with Crippen LogP contribution in [0.2, 0.25) is 0 Å². The molecule has 11 rings (SSSR count). The summed E-state index contributed by atoms with van der Waals surface area (Å²) in [5, 5.41) is 7.19. The van der Waals surface area contributed by atoms with E-state index in [2.05, 4.69) is 160 Å². The molecule has 0 bridgehead atoms. The van der Waals surface area contributed by atoms with Gasteiger partial charge in [-0.05, 0) is 54.6 Å². The Labute approximate surface area is 263 Å². The topological polar surface area (TPSA) is 26.2 Å². The molecule has 0 amide bonds. The van der Waals surface area contributed by atoms with Gasteiger partial charge in [0.15, 0.2) is 5.58 Å². The summed E-state index contributed by atoms with van der Waals surface area (Å²) in [6, 6.07) is 54.4. The summed E-state index contributed by atoms with van der Waals surface area (Å²) in [4.78, 5) is 2.40. The van der Waals surface area contributed by atoms with E-state index < -0.39 is 0 Å². The molecule has 0 unspecified atom stereocenters. The first-order valence-corrected chi connectivity index (χ1v) is 15.7. The van der Waals surface area contributed by atoms with Gasteiger partial charge in [-0.15, -0.1) is 0 Å². The first-order chi connectivity index (χ1) is 22.9. The molecule has 0 N–H and O–H groups in total. The molecule has 0 saturated carbocycles. The quantitative estimate of drug-likeness (QED) is 0.201. The van der Waals surface area contributed by atoms with Crippen molar-refractivity contribution in [3.05, 3.63) is 152 Å². The molecule has 46 heavy (non-hydrogen) atoms. The second-order valence-electron chi connectivity index (χ2n) is 12.1. The van der Waals surface area contributed by atoms with Crippen molar-refractivity contribution in [2.24, 2.45) is 0 Å². The van der Waals surface area contributed by atoms with Crippen LogP contribution < -0.4 is 4.90 Å². The number of fused-ring (bicyclic) bond motifs is 12. The Bertz CT molecular complexity index is 2870. The fourth-order valence-electron chi connectivity index (χ4n) is 8.00. The van der Waals surface area contributed by atoms with Crippen molar-refractivity contribution < 1.29 is 4.42 Å². The number of nitrogens with zero attached hydrogens (tertiary/aromatic N) is 3. The van der Waals surface area contributed by atoms with Crippen molar-refractivity contribution in [3.8, 4) is 11.4 Å². The molecule has 214 valence electrons. The highest BCUT2D eigenvalue weighted by Gasteiger charge is 2.30. The van der Waals surface area contributed by atoms with Crippen LogP contribution in [0.3, 0.4) is 0 Å². The number of anilines is 3. The van der Waals surface area contributed by atoms with E-state index >= 15 is 0 Å². The van der Waals surface area contributed by atoms with Crippen LogP contribution in [0.4, 0.5) is 17.1 Å². The van der Waals surface area contributed by atoms with Crippen LogP contribution in [-0.4, -0.2) is 9.13 Å². The minimum atomic E-state index is 0.901. The second kappa shape index (κ2) is 8.68. The maximum Gasteiger partial charge on any atom is 0.159 e. The lowest BCUT2D eigenvalue weighted by molar-refractivity contribution is 0.666. The standard InChI is InChI=1S/C42H25N3O/c1-2-12-26(13-3-1)43-33-19-7-8-20-34(33)45-35-25-24-29-27-14-4-6-18-32(27)44(41(29)39(35)31-17-11-21-36(43)40(31)45)37-22-10-16-30-28-15-5-9-23-38(28)46-42(30)37/h1-25H. The molecule has 0 atom stereocenters. The van der Waals surface area contributed by atoms with E-state index in [-0.39, 0.29) is 0 Å². The van der Waals surface area contributed by atoms with Gasteiger partial charge in [0.05, 0.1) is 44.8 Å². The Morgan fingerprint density at radius 2 is 1.02 bits per heavy atom. The van der Waals surface area contributed by atoms with Gasteiger partial charge in [0, 0.05) is 38.0 Å². The van der Waals surface area contributed by atoms with Crippen molar-refractivity contribution in [2.75, 3.05) is 4.90 Å². The molecule has 4 heteroatoms. The van der Waals surface area contributed by atoms with Gasteiger partial charge in [0.1, 0.15) is 5.58 Å². The Morgan fingerprint density at radius 1 is 0.370 bits per heavy atom. The molecule has 4 heterocycles. The van der Waals surface area contributed by atoms with Gasteiger partial charge in [0.2, 0.25) is 0 Å². The molecular formula is C42H25N3O. The maximum atomic E-state index is 6.64. The highest BCUT2D eigenvalue weighted by atomic mass is 16.3. The van der Waals surface area contributed by atoms with E-state index in [1.807, 2.05) is 6.07 Å². The molecule has 0 saturated heterocycles. The normalized spacial score (nSPS) is 12.7. The summed E-state index contributed by atoms with van der Waals surface area (Å²) in [7, 11) is 0. The molecule has 0 aliphatic carbocycles. The summed E-state index contributed by atoms with van der Waals surface area (Å²) in [5.41, 5.74) is 12.3. The lowest BCUT2D eigenvalue weighted by Crippen LogP contribution is -2.17. The zero-order valence-electron chi connectivity index (χ0n) is 24.7. The van der Waals surface area contributed by atoms with E-state index in [4.69, 9.17) is 4.42 Å². The smallest absolute Gasteiger partial charge is 0.159 e. The Hall–Kier alpha value is -6.26. The number of aromatic nitrogens is 2. The van der Waals surface area contributed by atoms with Gasteiger partial charge in [-0.1, -0.05) is 97.1 Å². The fourth-order valence-corrected chi connectivity index (χ4v) is 8.00. The fraction of sp³-hybridized carbons (Fsp3) is 0. The average Bonchev–Trinajstić information content (AvgIpc) is 3.78. The molecule has 1 aliphatic heterocycles.